The van der Waals surface area contributed by atoms with Crippen molar-refractivity contribution in [2.24, 2.45) is 5.92 Å². The van der Waals surface area contributed by atoms with Crippen molar-refractivity contribution in [1.82, 2.24) is 0 Å². The van der Waals surface area contributed by atoms with Gasteiger partial charge in [-0.25, -0.2) is 0 Å². The summed E-state index contributed by atoms with van der Waals surface area (Å²) in [6.07, 6.45) is 19.1. The summed E-state index contributed by atoms with van der Waals surface area (Å²) in [5, 5.41) is 2.44. The van der Waals surface area contributed by atoms with E-state index in [1.165, 1.54) is 91.4 Å². The molecular weight excluding hydrogens is 595 g/mol. The van der Waals surface area contributed by atoms with E-state index in [-0.39, 0.29) is 5.41 Å². The minimum absolute atomic E-state index is 0.152. The second-order valence-electron chi connectivity index (χ2n) is 15.0. The van der Waals surface area contributed by atoms with Gasteiger partial charge >= 0.3 is 0 Å². The Morgan fingerprint density at radius 1 is 0.735 bits per heavy atom. The maximum Gasteiger partial charge on any atom is 0.177 e. The number of allylic oxidation sites excluding steroid dienone is 3. The third-order valence-corrected chi connectivity index (χ3v) is 12.0. The monoisotopic (exact) mass is 635 g/mol. The molecule has 10 rings (SSSR count). The molecule has 49 heavy (non-hydrogen) atoms. The summed E-state index contributed by atoms with van der Waals surface area (Å²) >= 11 is 0. The van der Waals surface area contributed by atoms with Crippen LogP contribution in [0.15, 0.2) is 127 Å². The van der Waals surface area contributed by atoms with E-state index in [9.17, 15) is 0 Å². The largest absolute Gasteiger partial charge is 0.472 e. The van der Waals surface area contributed by atoms with E-state index >= 15 is 0 Å². The molecule has 2 aliphatic heterocycles. The molecule has 1 saturated heterocycles. The van der Waals surface area contributed by atoms with Gasteiger partial charge in [0.2, 0.25) is 0 Å². The number of benzene rings is 5. The number of rotatable bonds is 3. The number of ether oxygens (including phenoxy) is 1. The van der Waals surface area contributed by atoms with Crippen molar-refractivity contribution < 1.29 is 4.74 Å². The molecule has 0 bridgehead atoms. The lowest BCUT2D eigenvalue weighted by molar-refractivity contribution is 0.161. The van der Waals surface area contributed by atoms with E-state index < -0.39 is 5.60 Å². The molecule has 0 aromatic heterocycles. The molecular formula is C47H41NO. The first-order valence-electron chi connectivity index (χ1n) is 18.2. The molecule has 240 valence electrons. The van der Waals surface area contributed by atoms with Crippen LogP contribution in [0, 0.1) is 5.92 Å². The molecule has 5 aromatic rings. The molecule has 3 aliphatic carbocycles. The minimum Gasteiger partial charge on any atom is -0.472 e. The van der Waals surface area contributed by atoms with Crippen LogP contribution >= 0.6 is 0 Å². The lowest BCUT2D eigenvalue weighted by Gasteiger charge is -2.41. The average Bonchev–Trinajstić information content (AvgIpc) is 3.41. The molecule has 2 unspecified atom stereocenters. The Morgan fingerprint density at radius 2 is 1.47 bits per heavy atom. The number of nitrogens with zero attached hydrogens (tertiary/aromatic N) is 1. The first-order chi connectivity index (χ1) is 24.0. The van der Waals surface area contributed by atoms with Gasteiger partial charge in [0, 0.05) is 52.2 Å². The third-order valence-electron chi connectivity index (χ3n) is 12.0. The molecule has 0 saturated carbocycles. The van der Waals surface area contributed by atoms with E-state index in [1.54, 1.807) is 0 Å². The van der Waals surface area contributed by atoms with Crippen molar-refractivity contribution in [3.63, 3.8) is 0 Å². The van der Waals surface area contributed by atoms with E-state index in [0.29, 0.717) is 5.92 Å². The van der Waals surface area contributed by atoms with Crippen LogP contribution in [-0.4, -0.2) is 13.1 Å². The summed E-state index contributed by atoms with van der Waals surface area (Å²) in [6, 6.07) is 36.0. The van der Waals surface area contributed by atoms with E-state index in [2.05, 4.69) is 152 Å². The van der Waals surface area contributed by atoms with Gasteiger partial charge in [-0.2, -0.15) is 0 Å². The van der Waals surface area contributed by atoms with Crippen LogP contribution in [0.25, 0.3) is 39.6 Å². The van der Waals surface area contributed by atoms with Crippen molar-refractivity contribution in [1.29, 1.82) is 0 Å². The normalized spacial score (nSPS) is 22.7. The zero-order chi connectivity index (χ0) is 32.7. The van der Waals surface area contributed by atoms with Gasteiger partial charge in [-0.1, -0.05) is 129 Å². The molecule has 0 spiro atoms. The van der Waals surface area contributed by atoms with Gasteiger partial charge < -0.3 is 9.64 Å². The summed E-state index contributed by atoms with van der Waals surface area (Å²) in [6.45, 7) is 7.03. The number of hydrogen-bond donors (Lipinski definition) is 0. The molecule has 0 amide bonds. The number of anilines is 1. The van der Waals surface area contributed by atoms with Gasteiger partial charge in [-0.15, -0.1) is 0 Å². The maximum atomic E-state index is 7.70. The van der Waals surface area contributed by atoms with Crippen LogP contribution in [0.3, 0.4) is 0 Å². The molecule has 0 radical (unpaired) electrons. The van der Waals surface area contributed by atoms with Crippen LogP contribution in [0.1, 0.15) is 72.9 Å². The second-order valence-corrected chi connectivity index (χ2v) is 15.0. The van der Waals surface area contributed by atoms with Crippen molar-refractivity contribution in [3.8, 4) is 16.9 Å². The van der Waals surface area contributed by atoms with Gasteiger partial charge in [-0.3, -0.25) is 0 Å². The maximum absolute atomic E-state index is 7.70. The highest BCUT2D eigenvalue weighted by molar-refractivity contribution is 6.08. The predicted octanol–water partition coefficient (Wildman–Crippen LogP) is 11.5. The van der Waals surface area contributed by atoms with Crippen LogP contribution in [0.4, 0.5) is 5.69 Å². The van der Waals surface area contributed by atoms with Crippen molar-refractivity contribution >= 4 is 34.2 Å². The lowest BCUT2D eigenvalue weighted by Crippen LogP contribution is -2.36. The second kappa shape index (κ2) is 10.7. The first-order valence-corrected chi connectivity index (χ1v) is 18.2. The smallest absolute Gasteiger partial charge is 0.177 e. The summed E-state index contributed by atoms with van der Waals surface area (Å²) in [5.74, 6) is 1.36. The molecule has 2 heteroatoms. The summed E-state index contributed by atoms with van der Waals surface area (Å²) in [5.41, 5.74) is 13.4. The van der Waals surface area contributed by atoms with Crippen LogP contribution in [0.2, 0.25) is 0 Å². The Balaban J connectivity index is 1.19. The van der Waals surface area contributed by atoms with Gasteiger partial charge in [0.25, 0.3) is 0 Å². The highest BCUT2D eigenvalue weighted by Crippen LogP contribution is 2.58. The molecule has 2 heterocycles. The predicted molar refractivity (Wildman–Crippen MR) is 205 cm³/mol. The van der Waals surface area contributed by atoms with Gasteiger partial charge in [0.05, 0.1) is 0 Å². The lowest BCUT2D eigenvalue weighted by atomic mass is 9.73. The topological polar surface area (TPSA) is 12.5 Å². The van der Waals surface area contributed by atoms with Gasteiger partial charge in [0.1, 0.15) is 5.75 Å². The standard InChI is InChI=1S/C47H41NO/c1-46(2)42-17-9-8-16-39(42)43-37-14-6-7-15-38(37)45-40(44(43)46)26-27-47(49-45,33-22-24-35(25-23-33)48-28-10-3-11-29-48)34-21-20-32-19-18-31-12-4-5-13-36(31)41(32)30-34/h4-9,12-19,21-27,30,32H,3,10-11,20,28-29H2,1-2H3. The molecule has 1 fully saturated rings. The molecule has 5 aliphatic rings. The molecule has 2 atom stereocenters. The van der Waals surface area contributed by atoms with Crippen LogP contribution in [-0.2, 0) is 11.0 Å². The third kappa shape index (κ3) is 4.19. The molecule has 5 aromatic carbocycles. The van der Waals surface area contributed by atoms with Gasteiger partial charge in [-0.05, 0) is 88.2 Å². The van der Waals surface area contributed by atoms with Crippen LogP contribution in [0.5, 0.6) is 5.75 Å². The summed E-state index contributed by atoms with van der Waals surface area (Å²) < 4.78 is 7.70. The first kappa shape index (κ1) is 28.9. The fourth-order valence-electron chi connectivity index (χ4n) is 9.51. The van der Waals surface area contributed by atoms with Crippen LogP contribution < -0.4 is 9.64 Å². The highest BCUT2D eigenvalue weighted by Gasteiger charge is 2.45. The number of hydrogen-bond acceptors (Lipinski definition) is 2. The SMILES string of the molecule is CC1(C)c2ccccc2-c2c1c1c(c3ccccc23)OC(C2=CCC3C=Cc4ccccc4C3=C2)(c2ccc(N3CCCCC3)cc2)C=C1. The zero-order valence-electron chi connectivity index (χ0n) is 28.4. The summed E-state index contributed by atoms with van der Waals surface area (Å²) in [4.78, 5) is 2.54. The number of piperidine rings is 1. The quantitative estimate of drug-likeness (QED) is 0.196. The van der Waals surface area contributed by atoms with E-state index in [1.807, 2.05) is 0 Å². The average molecular weight is 636 g/mol. The van der Waals surface area contributed by atoms with Crippen molar-refractivity contribution in [3.05, 3.63) is 160 Å². The fraction of sp³-hybridized carbons (Fsp3) is 0.234. The minimum atomic E-state index is -0.770. The Hall–Kier alpha value is -5.08. The Bertz CT molecular complexity index is 2290. The Kier molecular flexibility index (Phi) is 6.31. The highest BCUT2D eigenvalue weighted by atomic mass is 16.5. The Labute approximate surface area is 289 Å². The zero-order valence-corrected chi connectivity index (χ0v) is 28.4. The van der Waals surface area contributed by atoms with E-state index in [0.717, 1.165) is 25.3 Å². The molecule has 0 N–H and O–H groups in total. The summed E-state index contributed by atoms with van der Waals surface area (Å²) in [7, 11) is 0. The fourth-order valence-corrected chi connectivity index (χ4v) is 9.51. The van der Waals surface area contributed by atoms with Crippen molar-refractivity contribution in [2.45, 2.75) is 50.5 Å². The van der Waals surface area contributed by atoms with E-state index in [4.69, 9.17) is 4.74 Å². The number of fused-ring (bicyclic) bond motifs is 11. The van der Waals surface area contributed by atoms with Gasteiger partial charge in [0.15, 0.2) is 5.60 Å². The Morgan fingerprint density at radius 3 is 2.31 bits per heavy atom. The van der Waals surface area contributed by atoms with Crippen molar-refractivity contribution in [2.75, 3.05) is 18.0 Å². The molecule has 2 nitrogen and oxygen atoms in total.